The van der Waals surface area contributed by atoms with E-state index in [1.165, 1.54) is 12.1 Å². The van der Waals surface area contributed by atoms with Gasteiger partial charge < -0.3 is 19.9 Å². The van der Waals surface area contributed by atoms with Crippen LogP contribution >= 0.6 is 0 Å². The molecule has 7 nitrogen and oxygen atoms in total. The van der Waals surface area contributed by atoms with Crippen molar-refractivity contribution in [1.29, 1.82) is 5.26 Å². The Morgan fingerprint density at radius 2 is 2.17 bits per heavy atom. The fourth-order valence-corrected chi connectivity index (χ4v) is 4.15. The Hall–Kier alpha value is -3.15. The molecule has 2 N–H and O–H groups in total. The first-order chi connectivity index (χ1) is 13.7. The lowest BCUT2D eigenvalue weighted by atomic mass is 10.0. The third-order valence-corrected chi connectivity index (χ3v) is 5.61. The van der Waals surface area contributed by atoms with Gasteiger partial charge in [0.2, 0.25) is 0 Å². The molecule has 1 atom stereocenters. The van der Waals surface area contributed by atoms with E-state index >= 15 is 4.39 Å². The van der Waals surface area contributed by atoms with Crippen molar-refractivity contribution in [2.45, 2.75) is 37.9 Å². The van der Waals surface area contributed by atoms with Gasteiger partial charge in [0.1, 0.15) is 24.1 Å². The molecule has 2 aromatic rings. The lowest BCUT2D eigenvalue weighted by Gasteiger charge is -2.25. The fourth-order valence-electron chi connectivity index (χ4n) is 4.15. The zero-order chi connectivity index (χ0) is 20.9. The molecule has 0 radical (unpaired) electrons. The van der Waals surface area contributed by atoms with Crippen LogP contribution in [0.3, 0.4) is 0 Å². The Kier molecular flexibility index (Phi) is 4.45. The number of nitrogens with zero attached hydrogens (tertiary/aromatic N) is 3. The molecule has 0 bridgehead atoms. The van der Waals surface area contributed by atoms with E-state index in [-0.39, 0.29) is 42.4 Å². The molecule has 29 heavy (non-hydrogen) atoms. The van der Waals surface area contributed by atoms with Crippen LogP contribution in [0, 0.1) is 24.1 Å². The summed E-state index contributed by atoms with van der Waals surface area (Å²) in [7, 11) is 0. The van der Waals surface area contributed by atoms with Crippen LogP contribution in [-0.2, 0) is 4.74 Å². The third kappa shape index (κ3) is 3.28. The van der Waals surface area contributed by atoms with Crippen LogP contribution in [-0.4, -0.2) is 36.0 Å². The maximum atomic E-state index is 15.0. The van der Waals surface area contributed by atoms with Gasteiger partial charge in [-0.25, -0.2) is 13.6 Å². The number of aromatic nitrogens is 1. The number of hydrogen-bond acceptors (Lipinski definition) is 5. The summed E-state index contributed by atoms with van der Waals surface area (Å²) in [5.41, 5.74) is 3.98. The van der Waals surface area contributed by atoms with Crippen LogP contribution in [0.1, 0.15) is 36.4 Å². The molecule has 0 spiro atoms. The Morgan fingerprint density at radius 3 is 2.79 bits per heavy atom. The molecule has 4 rings (SSSR count). The first-order valence-corrected chi connectivity index (χ1v) is 9.38. The number of nitriles is 1. The smallest absolute Gasteiger partial charge is 0.404 e. The zero-order valence-electron chi connectivity index (χ0n) is 15.9. The Balaban J connectivity index is 1.81. The number of rotatable bonds is 4. The molecular formula is C20H20F2N4O3. The second kappa shape index (κ2) is 6.72. The number of hydrogen-bond donors (Lipinski definition) is 1. The van der Waals surface area contributed by atoms with Crippen molar-refractivity contribution in [3.8, 4) is 6.07 Å². The second-order valence-corrected chi connectivity index (χ2v) is 7.78. The van der Waals surface area contributed by atoms with Crippen molar-refractivity contribution in [3.05, 3.63) is 39.4 Å². The van der Waals surface area contributed by atoms with Gasteiger partial charge in [0.15, 0.2) is 5.67 Å². The van der Waals surface area contributed by atoms with Gasteiger partial charge in [-0.1, -0.05) is 0 Å². The summed E-state index contributed by atoms with van der Waals surface area (Å²) < 4.78 is 36.2. The number of primary amides is 1. The standard InChI is InChI=1S/C20H20F2N4O3/c1-11-16-12(6-13(8-23)18(27)26(16)14-2-3-14)7-15(21)17(11)25-5-4-20(22,9-25)10-29-19(24)28/h6-7,14H,2-5,9-10H2,1H3,(H2,24,28). The number of pyridine rings is 1. The highest BCUT2D eigenvalue weighted by atomic mass is 19.1. The first kappa shape index (κ1) is 19.2. The van der Waals surface area contributed by atoms with Gasteiger partial charge in [0, 0.05) is 24.4 Å². The summed E-state index contributed by atoms with van der Waals surface area (Å²) in [6, 6.07) is 4.56. The number of aryl methyl sites for hydroxylation is 1. The van der Waals surface area contributed by atoms with Gasteiger partial charge in [-0.3, -0.25) is 4.79 Å². The van der Waals surface area contributed by atoms with Crippen molar-refractivity contribution < 1.29 is 18.3 Å². The average Bonchev–Trinajstić information content (AvgIpc) is 3.43. The van der Waals surface area contributed by atoms with Gasteiger partial charge in [0.05, 0.1) is 17.7 Å². The molecule has 1 aromatic heterocycles. The maximum Gasteiger partial charge on any atom is 0.404 e. The van der Waals surface area contributed by atoms with Crippen LogP contribution in [0.5, 0.6) is 0 Å². The minimum absolute atomic E-state index is 0.0156. The number of ether oxygens (including phenoxy) is 1. The minimum atomic E-state index is -1.83. The van der Waals surface area contributed by atoms with E-state index in [1.54, 1.807) is 16.4 Å². The van der Waals surface area contributed by atoms with Crippen molar-refractivity contribution in [2.24, 2.45) is 5.73 Å². The molecule has 1 saturated carbocycles. The predicted molar refractivity (Wildman–Crippen MR) is 102 cm³/mol. The monoisotopic (exact) mass is 402 g/mol. The normalized spacial score (nSPS) is 21.4. The van der Waals surface area contributed by atoms with Crippen molar-refractivity contribution >= 4 is 22.7 Å². The fraction of sp³-hybridized carbons (Fsp3) is 0.450. The topological polar surface area (TPSA) is 101 Å². The molecule has 1 amide bonds. The highest BCUT2D eigenvalue weighted by molar-refractivity contribution is 5.89. The molecule has 2 heterocycles. The number of carbonyl (C=O) groups excluding carboxylic acids is 1. The number of anilines is 1. The molecular weight excluding hydrogens is 382 g/mol. The lowest BCUT2D eigenvalue weighted by Crippen LogP contribution is -2.36. The Morgan fingerprint density at radius 1 is 1.45 bits per heavy atom. The predicted octanol–water partition coefficient (Wildman–Crippen LogP) is 2.67. The Bertz CT molecular complexity index is 1120. The number of benzene rings is 1. The van der Waals surface area contributed by atoms with Crippen molar-refractivity contribution in [1.82, 2.24) is 4.57 Å². The van der Waals surface area contributed by atoms with E-state index < -0.39 is 24.2 Å². The summed E-state index contributed by atoms with van der Waals surface area (Å²) >= 11 is 0. The van der Waals surface area contributed by atoms with Gasteiger partial charge in [-0.05, 0) is 37.5 Å². The summed E-state index contributed by atoms with van der Waals surface area (Å²) in [6.07, 6.45) is 0.630. The molecule has 2 fully saturated rings. The van der Waals surface area contributed by atoms with E-state index in [9.17, 15) is 19.2 Å². The number of alkyl halides is 1. The highest BCUT2D eigenvalue weighted by Crippen LogP contribution is 2.41. The van der Waals surface area contributed by atoms with Gasteiger partial charge in [-0.15, -0.1) is 0 Å². The summed E-state index contributed by atoms with van der Waals surface area (Å²) in [4.78, 5) is 25.1. The third-order valence-electron chi connectivity index (χ3n) is 5.61. The minimum Gasteiger partial charge on any atom is -0.446 e. The van der Waals surface area contributed by atoms with Crippen LogP contribution < -0.4 is 16.2 Å². The van der Waals surface area contributed by atoms with Crippen LogP contribution in [0.15, 0.2) is 16.9 Å². The number of amides is 1. The van der Waals surface area contributed by atoms with E-state index in [0.29, 0.717) is 16.5 Å². The largest absolute Gasteiger partial charge is 0.446 e. The van der Waals surface area contributed by atoms with Gasteiger partial charge in [0.25, 0.3) is 5.56 Å². The van der Waals surface area contributed by atoms with E-state index in [1.807, 2.05) is 6.07 Å². The van der Waals surface area contributed by atoms with Crippen LogP contribution in [0.25, 0.3) is 10.9 Å². The summed E-state index contributed by atoms with van der Waals surface area (Å²) in [5, 5.41) is 9.73. The molecule has 1 aliphatic carbocycles. The molecule has 2 aliphatic rings. The van der Waals surface area contributed by atoms with Crippen LogP contribution in [0.4, 0.5) is 19.3 Å². The molecule has 9 heteroatoms. The second-order valence-electron chi connectivity index (χ2n) is 7.78. The Labute approximate surface area is 165 Å². The van der Waals surface area contributed by atoms with Crippen molar-refractivity contribution in [2.75, 3.05) is 24.6 Å². The first-order valence-electron chi connectivity index (χ1n) is 9.38. The zero-order valence-corrected chi connectivity index (χ0v) is 15.9. The number of fused-ring (bicyclic) bond motifs is 1. The average molecular weight is 402 g/mol. The molecule has 152 valence electrons. The van der Waals surface area contributed by atoms with Crippen molar-refractivity contribution in [3.63, 3.8) is 0 Å². The quantitative estimate of drug-likeness (QED) is 0.847. The molecule has 1 saturated heterocycles. The van der Waals surface area contributed by atoms with E-state index in [4.69, 9.17) is 5.73 Å². The lowest BCUT2D eigenvalue weighted by molar-refractivity contribution is 0.0672. The number of nitrogens with two attached hydrogens (primary N) is 1. The maximum absolute atomic E-state index is 15.0. The number of carbonyl (C=O) groups is 1. The van der Waals surface area contributed by atoms with Gasteiger partial charge in [-0.2, -0.15) is 5.26 Å². The van der Waals surface area contributed by atoms with E-state index in [2.05, 4.69) is 4.74 Å². The summed E-state index contributed by atoms with van der Waals surface area (Å²) in [5.74, 6) is -0.556. The highest BCUT2D eigenvalue weighted by Gasteiger charge is 2.41. The SMILES string of the molecule is Cc1c(N2CCC(F)(COC(N)=O)C2)c(F)cc2cc(C#N)c(=O)n(C3CC3)c12. The molecule has 1 aliphatic heterocycles. The van der Waals surface area contributed by atoms with Gasteiger partial charge >= 0.3 is 6.09 Å². The molecule has 1 unspecified atom stereocenters. The molecule has 1 aromatic carbocycles. The summed E-state index contributed by atoms with van der Waals surface area (Å²) in [6.45, 7) is 1.27. The number of halogens is 2. The van der Waals surface area contributed by atoms with E-state index in [0.717, 1.165) is 12.8 Å². The van der Waals surface area contributed by atoms with Crippen LogP contribution in [0.2, 0.25) is 0 Å².